The maximum atomic E-state index is 8.88. The van der Waals surface area contributed by atoms with Crippen molar-refractivity contribution < 1.29 is 58.3 Å². The summed E-state index contributed by atoms with van der Waals surface area (Å²) in [6.45, 7) is 0. The van der Waals surface area contributed by atoms with Gasteiger partial charge < -0.3 is 14.7 Å². The van der Waals surface area contributed by atoms with Crippen LogP contribution in [0.1, 0.15) is 0 Å². The molecule has 0 spiro atoms. The Hall–Kier alpha value is 2.50. The molecule has 0 aromatic rings. The third kappa shape index (κ3) is 122. The van der Waals surface area contributed by atoms with Crippen LogP contribution in [0.4, 0.5) is 0 Å². The summed E-state index contributed by atoms with van der Waals surface area (Å²) in [5, 5.41) is 0. The van der Waals surface area contributed by atoms with Crippen LogP contribution >= 0.6 is 7.82 Å². The van der Waals surface area contributed by atoms with E-state index in [1.807, 2.05) is 0 Å². The first kappa shape index (κ1) is 30.0. The van der Waals surface area contributed by atoms with Gasteiger partial charge in [-0.3, -0.25) is 0 Å². The molecule has 0 saturated carbocycles. The third-order valence-electron chi connectivity index (χ3n) is 0. The quantitative estimate of drug-likeness (QED) is 0.326. The number of phosphoric acid groups is 1. The minimum Gasteiger partial charge on any atom is 0 e. The van der Waals surface area contributed by atoms with Gasteiger partial charge in [-0.25, -0.2) is 4.57 Å². The van der Waals surface area contributed by atoms with Crippen molar-refractivity contribution in [3.8, 4) is 0 Å². The van der Waals surface area contributed by atoms with E-state index in [1.54, 1.807) is 0 Å². The van der Waals surface area contributed by atoms with Crippen molar-refractivity contribution in [3.63, 3.8) is 0 Å². The van der Waals surface area contributed by atoms with E-state index in [-0.39, 0.29) is 75.5 Å². The van der Waals surface area contributed by atoms with Crippen molar-refractivity contribution in [3.05, 3.63) is 0 Å². The van der Waals surface area contributed by atoms with Gasteiger partial charge in [0.2, 0.25) is 0 Å². The molecular formula is H8CrGeLiO4PTi. The molecule has 0 aliphatic heterocycles. The molecule has 0 bridgehead atoms. The molecule has 0 aliphatic carbocycles. The van der Waals surface area contributed by atoms with E-state index in [9.17, 15) is 0 Å². The van der Waals surface area contributed by atoms with Gasteiger partial charge in [0.05, 0.1) is 0 Å². The van der Waals surface area contributed by atoms with Gasteiger partial charge in [0.15, 0.2) is 0 Å². The fourth-order valence-electron chi connectivity index (χ4n) is 0. The number of rotatable bonds is 0. The fourth-order valence-corrected chi connectivity index (χ4v) is 0. The van der Waals surface area contributed by atoms with Gasteiger partial charge in [0, 0.05) is 39.1 Å². The van der Waals surface area contributed by atoms with Crippen LogP contribution in [-0.2, 0) is 43.6 Å². The Morgan fingerprint density at radius 1 is 1.11 bits per heavy atom. The molecule has 0 aromatic heterocycles. The molecule has 0 unspecified atom stereocenters. The third-order valence-corrected chi connectivity index (χ3v) is 0. The monoisotopic (exact) mass is 284 g/mol. The molecular weight excluding hydrogens is 274 g/mol. The van der Waals surface area contributed by atoms with Gasteiger partial charge in [-0.05, 0) is 0 Å². The van der Waals surface area contributed by atoms with Crippen LogP contribution in [0.3, 0.4) is 0 Å². The largest absolute Gasteiger partial charge is 0 e. The Labute approximate surface area is 102 Å². The molecule has 0 aliphatic rings. The van der Waals surface area contributed by atoms with Gasteiger partial charge >= 0.3 is 44.3 Å². The first-order valence-corrected chi connectivity index (χ1v) is 2.35. The van der Waals surface area contributed by atoms with Crippen LogP contribution in [0.15, 0.2) is 0 Å². The van der Waals surface area contributed by atoms with Crippen LogP contribution < -0.4 is 0 Å². The van der Waals surface area contributed by atoms with E-state index in [2.05, 4.69) is 0 Å². The normalized spacial score (nSPS) is 6.56. The zero-order valence-corrected chi connectivity index (χ0v) is 6.84. The van der Waals surface area contributed by atoms with Crippen molar-refractivity contribution in [1.82, 2.24) is 0 Å². The van der Waals surface area contributed by atoms with Gasteiger partial charge in [0.25, 0.3) is 0 Å². The van der Waals surface area contributed by atoms with Gasteiger partial charge in [-0.1, -0.05) is 0 Å². The van der Waals surface area contributed by atoms with E-state index in [1.165, 1.54) is 0 Å². The Kier molecular flexibility index (Phi) is 43.7. The summed E-state index contributed by atoms with van der Waals surface area (Å²) in [5.74, 6) is 0. The minimum atomic E-state index is -4.64. The summed E-state index contributed by atoms with van der Waals surface area (Å²) >= 11 is 0. The molecule has 9 heteroatoms. The zero-order valence-electron chi connectivity index (χ0n) is 3.11. The topological polar surface area (TPSA) is 77.8 Å². The summed E-state index contributed by atoms with van der Waals surface area (Å²) in [4.78, 5) is 21.6. The standard InChI is InChI=1S/Cr.GeH4.Li.H3O4P.Ti.H/c;;;1-5(2,3)4;;/h;1H4;;(H3,1,2,3,4);;. The van der Waals surface area contributed by atoms with Crippen LogP contribution in [0, 0.1) is 0 Å². The van der Waals surface area contributed by atoms with E-state index in [0.717, 1.165) is 0 Å². The molecule has 0 rings (SSSR count). The predicted octanol–water partition coefficient (Wildman–Crippen LogP) is -3.03. The Bertz CT molecular complexity index is 66.7. The molecule has 4 nitrogen and oxygen atoms in total. The molecule has 0 aromatic carbocycles. The minimum absolute atomic E-state index is 0. The first-order chi connectivity index (χ1) is 2.00. The van der Waals surface area contributed by atoms with Crippen LogP contribution in [0.5, 0.6) is 0 Å². The number of hydrogen-bond acceptors (Lipinski definition) is 1. The van der Waals surface area contributed by atoms with Crippen molar-refractivity contribution in [2.24, 2.45) is 0 Å². The van der Waals surface area contributed by atoms with Crippen molar-refractivity contribution >= 4 is 44.3 Å². The second-order valence-electron chi connectivity index (χ2n) is 0.513. The second-order valence-corrected chi connectivity index (χ2v) is 1.54. The average molecular weight is 282 g/mol. The SMILES string of the molecule is O=P(O)(O)O.[Cr].[GeH4].[LiH].[Ti]. The molecule has 0 saturated heterocycles. The van der Waals surface area contributed by atoms with Crippen LogP contribution in [-0.4, -0.2) is 51.1 Å². The van der Waals surface area contributed by atoms with Crippen molar-refractivity contribution in [2.75, 3.05) is 0 Å². The van der Waals surface area contributed by atoms with Gasteiger partial charge in [-0.15, -0.1) is 0 Å². The van der Waals surface area contributed by atoms with E-state index >= 15 is 0 Å². The maximum absolute atomic E-state index is 8.88. The Morgan fingerprint density at radius 2 is 1.11 bits per heavy atom. The van der Waals surface area contributed by atoms with Gasteiger partial charge in [-0.2, -0.15) is 0 Å². The molecule has 0 radical (unpaired) electrons. The van der Waals surface area contributed by atoms with Crippen LogP contribution in [0.25, 0.3) is 0 Å². The smallest absolute Gasteiger partial charge is 0 e. The molecule has 0 atom stereocenters. The summed E-state index contributed by atoms with van der Waals surface area (Å²) in [6, 6.07) is 0. The molecule has 0 amide bonds. The number of hydrogen-bond donors (Lipinski definition) is 3. The summed E-state index contributed by atoms with van der Waals surface area (Å²) < 4.78 is 8.88. The zero-order chi connectivity index (χ0) is 4.50. The van der Waals surface area contributed by atoms with E-state index < -0.39 is 7.82 Å². The Balaban J connectivity index is -0.0000000133. The van der Waals surface area contributed by atoms with E-state index in [0.29, 0.717) is 0 Å². The summed E-state index contributed by atoms with van der Waals surface area (Å²) in [6.07, 6.45) is 0. The average Bonchev–Trinajstić information content (AvgIpc) is 0.722. The van der Waals surface area contributed by atoms with E-state index in [4.69, 9.17) is 19.2 Å². The Morgan fingerprint density at radius 3 is 1.11 bits per heavy atom. The first-order valence-electron chi connectivity index (χ1n) is 0.783. The molecule has 0 fully saturated rings. The fraction of sp³-hybridized carbons (Fsp3) is 0. The van der Waals surface area contributed by atoms with Crippen molar-refractivity contribution in [1.29, 1.82) is 0 Å². The summed E-state index contributed by atoms with van der Waals surface area (Å²) in [5.41, 5.74) is 0. The van der Waals surface area contributed by atoms with Gasteiger partial charge in [0.1, 0.15) is 0 Å². The summed E-state index contributed by atoms with van der Waals surface area (Å²) in [7, 11) is -4.64. The van der Waals surface area contributed by atoms with Crippen LogP contribution in [0.2, 0.25) is 0 Å². The molecule has 3 N–H and O–H groups in total. The predicted molar refractivity (Wildman–Crippen MR) is 32.7 cm³/mol. The molecule has 52 valence electrons. The maximum Gasteiger partial charge on any atom is 0 e. The molecule has 0 heterocycles. The van der Waals surface area contributed by atoms with Crippen molar-refractivity contribution in [2.45, 2.75) is 0 Å². The molecule has 9 heavy (non-hydrogen) atoms. The second kappa shape index (κ2) is 13.1.